The average Bonchev–Trinajstić information content (AvgIpc) is 2.52. The highest BCUT2D eigenvalue weighted by atomic mass is 35.5. The third kappa shape index (κ3) is 4.83. The number of halogens is 1. The third-order valence-electron chi connectivity index (χ3n) is 4.48. The number of amides is 1. The topological polar surface area (TPSA) is 50.8 Å². The van der Waals surface area contributed by atoms with E-state index in [1.807, 2.05) is 18.2 Å². The van der Waals surface area contributed by atoms with Gasteiger partial charge < -0.3 is 14.8 Å². The molecule has 5 nitrogen and oxygen atoms in total. The molecule has 0 aliphatic carbocycles. The molecule has 2 fully saturated rings. The second-order valence-electron chi connectivity index (χ2n) is 6.26. The lowest BCUT2D eigenvalue weighted by atomic mass is 9.96. The van der Waals surface area contributed by atoms with Gasteiger partial charge in [0.15, 0.2) is 6.10 Å². The minimum Gasteiger partial charge on any atom is -0.441 e. The molecular formula is C17H23ClN2O3. The van der Waals surface area contributed by atoms with E-state index in [1.54, 1.807) is 0 Å². The third-order valence-corrected chi connectivity index (χ3v) is 4.84. The van der Waals surface area contributed by atoms with Crippen molar-refractivity contribution in [3.8, 4) is 0 Å². The Bertz CT molecular complexity index is 528. The van der Waals surface area contributed by atoms with Gasteiger partial charge in [-0.3, -0.25) is 4.90 Å². The van der Waals surface area contributed by atoms with Gasteiger partial charge in [0.05, 0.1) is 13.2 Å². The maximum Gasteiger partial charge on any atom is 0.407 e. The number of piperidine rings is 1. The Morgan fingerprint density at radius 1 is 1.30 bits per heavy atom. The number of carbonyl (C=O) groups is 1. The number of likely N-dealkylation sites (tertiary alicyclic amines) is 1. The van der Waals surface area contributed by atoms with Crippen LogP contribution >= 0.6 is 11.6 Å². The molecule has 1 aromatic rings. The fourth-order valence-corrected chi connectivity index (χ4v) is 3.11. The van der Waals surface area contributed by atoms with E-state index in [0.29, 0.717) is 25.7 Å². The molecule has 126 valence electrons. The van der Waals surface area contributed by atoms with E-state index < -0.39 is 0 Å². The van der Waals surface area contributed by atoms with Crippen LogP contribution in [0.25, 0.3) is 0 Å². The molecule has 6 heteroatoms. The summed E-state index contributed by atoms with van der Waals surface area (Å²) in [5.41, 5.74) is 1.18. The van der Waals surface area contributed by atoms with Crippen LogP contribution in [0.3, 0.4) is 0 Å². The highest BCUT2D eigenvalue weighted by Crippen LogP contribution is 2.22. The van der Waals surface area contributed by atoms with E-state index in [0.717, 1.165) is 37.5 Å². The number of ether oxygens (including phenoxy) is 2. The smallest absolute Gasteiger partial charge is 0.407 e. The number of hydrogen-bond acceptors (Lipinski definition) is 4. The highest BCUT2D eigenvalue weighted by Gasteiger charge is 2.24. The lowest BCUT2D eigenvalue weighted by Crippen LogP contribution is -2.43. The molecule has 2 saturated heterocycles. The van der Waals surface area contributed by atoms with Crippen molar-refractivity contribution >= 4 is 17.7 Å². The van der Waals surface area contributed by atoms with E-state index in [4.69, 9.17) is 21.1 Å². The zero-order valence-corrected chi connectivity index (χ0v) is 13.9. The van der Waals surface area contributed by atoms with E-state index in [9.17, 15) is 4.79 Å². The molecule has 0 bridgehead atoms. The number of carbonyl (C=O) groups excluding carboxylic acids is 1. The second kappa shape index (κ2) is 7.99. The van der Waals surface area contributed by atoms with Crippen LogP contribution < -0.4 is 5.32 Å². The first-order valence-electron chi connectivity index (χ1n) is 8.18. The SMILES string of the molecule is O=C(NCC1CCN(Cc2ccccc2Cl)CC1)OC1COC1. The number of rotatable bonds is 5. The normalized spacial score (nSPS) is 20.0. The van der Waals surface area contributed by atoms with Crippen molar-refractivity contribution < 1.29 is 14.3 Å². The number of nitrogens with one attached hydrogen (secondary N) is 1. The monoisotopic (exact) mass is 338 g/mol. The van der Waals surface area contributed by atoms with Gasteiger partial charge in [0.1, 0.15) is 0 Å². The Balaban J connectivity index is 1.35. The first-order chi connectivity index (χ1) is 11.2. The Kier molecular flexibility index (Phi) is 5.75. The zero-order valence-electron chi connectivity index (χ0n) is 13.2. The van der Waals surface area contributed by atoms with E-state index in [-0.39, 0.29) is 12.2 Å². The molecule has 0 radical (unpaired) electrons. The van der Waals surface area contributed by atoms with Gasteiger partial charge in [-0.15, -0.1) is 0 Å². The van der Waals surface area contributed by atoms with Crippen LogP contribution in [0.2, 0.25) is 5.02 Å². The van der Waals surface area contributed by atoms with Gasteiger partial charge in [0.25, 0.3) is 0 Å². The van der Waals surface area contributed by atoms with Gasteiger partial charge in [-0.25, -0.2) is 4.79 Å². The van der Waals surface area contributed by atoms with Crippen LogP contribution in [0.1, 0.15) is 18.4 Å². The van der Waals surface area contributed by atoms with Gasteiger partial charge in [-0.1, -0.05) is 29.8 Å². The van der Waals surface area contributed by atoms with Crippen molar-refractivity contribution in [1.29, 1.82) is 0 Å². The maximum absolute atomic E-state index is 11.6. The summed E-state index contributed by atoms with van der Waals surface area (Å²) in [7, 11) is 0. The molecule has 0 atom stereocenters. The predicted octanol–water partition coefficient (Wildman–Crippen LogP) is 2.68. The molecule has 2 aliphatic heterocycles. The van der Waals surface area contributed by atoms with Gasteiger partial charge in [-0.2, -0.15) is 0 Å². The second-order valence-corrected chi connectivity index (χ2v) is 6.66. The standard InChI is InChI=1S/C17H23ClN2O3/c18-16-4-2-1-3-14(16)10-20-7-5-13(6-8-20)9-19-17(21)23-15-11-22-12-15/h1-4,13,15H,5-12H2,(H,19,21). The summed E-state index contributed by atoms with van der Waals surface area (Å²) in [4.78, 5) is 14.0. The van der Waals surface area contributed by atoms with Crippen LogP contribution in [-0.4, -0.2) is 49.9 Å². The van der Waals surface area contributed by atoms with Crippen LogP contribution in [0, 0.1) is 5.92 Å². The van der Waals surface area contributed by atoms with Crippen molar-refractivity contribution in [3.63, 3.8) is 0 Å². The van der Waals surface area contributed by atoms with Crippen molar-refractivity contribution in [2.24, 2.45) is 5.92 Å². The van der Waals surface area contributed by atoms with Crippen molar-refractivity contribution in [2.75, 3.05) is 32.8 Å². The number of benzene rings is 1. The molecule has 0 aromatic heterocycles. The molecule has 1 amide bonds. The van der Waals surface area contributed by atoms with Gasteiger partial charge in [0.2, 0.25) is 0 Å². The summed E-state index contributed by atoms with van der Waals surface area (Å²) in [6.45, 7) is 4.68. The molecule has 0 unspecified atom stereocenters. The molecule has 0 spiro atoms. The first kappa shape index (κ1) is 16.6. The van der Waals surface area contributed by atoms with Crippen LogP contribution in [0.4, 0.5) is 4.79 Å². The van der Waals surface area contributed by atoms with Crippen molar-refractivity contribution in [1.82, 2.24) is 10.2 Å². The minimum atomic E-state index is -0.322. The molecule has 2 heterocycles. The lowest BCUT2D eigenvalue weighted by molar-refractivity contribution is -0.0981. The first-order valence-corrected chi connectivity index (χ1v) is 8.56. The molecule has 1 aromatic carbocycles. The summed E-state index contributed by atoms with van der Waals surface area (Å²) in [6.07, 6.45) is 1.78. The number of alkyl carbamates (subject to hydrolysis) is 1. The van der Waals surface area contributed by atoms with Gasteiger partial charge >= 0.3 is 6.09 Å². The van der Waals surface area contributed by atoms with Gasteiger partial charge in [0, 0.05) is 18.1 Å². The van der Waals surface area contributed by atoms with Crippen LogP contribution in [-0.2, 0) is 16.0 Å². The number of nitrogens with zero attached hydrogens (tertiary/aromatic N) is 1. The maximum atomic E-state index is 11.6. The van der Waals surface area contributed by atoms with Crippen molar-refractivity contribution in [3.05, 3.63) is 34.9 Å². The van der Waals surface area contributed by atoms with Gasteiger partial charge in [-0.05, 0) is 43.5 Å². The summed E-state index contributed by atoms with van der Waals surface area (Å²) < 4.78 is 10.2. The van der Waals surface area contributed by atoms with E-state index in [1.165, 1.54) is 5.56 Å². The Labute approximate surface area is 141 Å². The fourth-order valence-electron chi connectivity index (χ4n) is 2.92. The summed E-state index contributed by atoms with van der Waals surface area (Å²) in [6, 6.07) is 8.00. The average molecular weight is 339 g/mol. The molecule has 1 N–H and O–H groups in total. The molecule has 23 heavy (non-hydrogen) atoms. The predicted molar refractivity (Wildman–Crippen MR) is 88.5 cm³/mol. The molecular weight excluding hydrogens is 316 g/mol. The summed E-state index contributed by atoms with van der Waals surface area (Å²) >= 11 is 6.22. The largest absolute Gasteiger partial charge is 0.441 e. The van der Waals surface area contributed by atoms with Crippen molar-refractivity contribution in [2.45, 2.75) is 25.5 Å². The van der Waals surface area contributed by atoms with Crippen LogP contribution in [0.15, 0.2) is 24.3 Å². The van der Waals surface area contributed by atoms with Crippen LogP contribution in [0.5, 0.6) is 0 Å². The highest BCUT2D eigenvalue weighted by molar-refractivity contribution is 6.31. The lowest BCUT2D eigenvalue weighted by Gasteiger charge is -2.32. The molecule has 2 aliphatic rings. The zero-order chi connectivity index (χ0) is 16.1. The molecule has 0 saturated carbocycles. The molecule has 3 rings (SSSR count). The Morgan fingerprint density at radius 2 is 2.04 bits per heavy atom. The summed E-state index contributed by atoms with van der Waals surface area (Å²) in [5.74, 6) is 0.516. The quantitative estimate of drug-likeness (QED) is 0.896. The van der Waals surface area contributed by atoms with E-state index >= 15 is 0 Å². The van der Waals surface area contributed by atoms with E-state index in [2.05, 4.69) is 16.3 Å². The summed E-state index contributed by atoms with van der Waals surface area (Å²) in [5, 5.41) is 3.70. The fraction of sp³-hybridized carbons (Fsp3) is 0.588. The Hall–Kier alpha value is -1.30. The Morgan fingerprint density at radius 3 is 2.70 bits per heavy atom. The number of hydrogen-bond donors (Lipinski definition) is 1. The minimum absolute atomic E-state index is 0.0625.